The second-order valence-electron chi connectivity index (χ2n) is 4.34. The minimum Gasteiger partial charge on any atom is -0.464 e. The summed E-state index contributed by atoms with van der Waals surface area (Å²) in [7, 11) is 1.65. The quantitative estimate of drug-likeness (QED) is 0.531. The van der Waals surface area contributed by atoms with Crippen LogP contribution in [0.15, 0.2) is 0 Å². The van der Waals surface area contributed by atoms with E-state index in [0.29, 0.717) is 13.2 Å². The Hall–Kier alpha value is -0.610. The summed E-state index contributed by atoms with van der Waals surface area (Å²) in [5, 5.41) is 3.31. The fourth-order valence-corrected chi connectivity index (χ4v) is 2.23. The number of rotatable bonds is 7. The van der Waals surface area contributed by atoms with Crippen LogP contribution in [0.3, 0.4) is 0 Å². The summed E-state index contributed by atoms with van der Waals surface area (Å²) < 4.78 is 10.2. The molecule has 4 heteroatoms. The molecule has 0 saturated carbocycles. The molecule has 1 rings (SSSR count). The van der Waals surface area contributed by atoms with Gasteiger partial charge in [-0.15, -0.1) is 0 Å². The van der Waals surface area contributed by atoms with Crippen LogP contribution in [0.5, 0.6) is 0 Å². The monoisotopic (exact) mass is 229 g/mol. The second kappa shape index (κ2) is 6.86. The van der Waals surface area contributed by atoms with Crippen molar-refractivity contribution in [2.24, 2.45) is 0 Å². The normalized spacial score (nSPS) is 24.6. The Labute approximate surface area is 97.7 Å². The smallest absolute Gasteiger partial charge is 0.326 e. The SMILES string of the molecule is CCCC1(C(=O)OCCCOC)CCCN1. The summed E-state index contributed by atoms with van der Waals surface area (Å²) in [6, 6.07) is 0. The molecule has 1 atom stereocenters. The molecule has 0 aromatic rings. The highest BCUT2D eigenvalue weighted by Crippen LogP contribution is 2.26. The molecule has 1 saturated heterocycles. The van der Waals surface area contributed by atoms with Gasteiger partial charge in [-0.25, -0.2) is 0 Å². The fraction of sp³-hybridized carbons (Fsp3) is 0.917. The average molecular weight is 229 g/mol. The lowest BCUT2D eigenvalue weighted by atomic mass is 9.92. The Morgan fingerprint density at radius 1 is 1.44 bits per heavy atom. The van der Waals surface area contributed by atoms with Gasteiger partial charge in [0.25, 0.3) is 0 Å². The van der Waals surface area contributed by atoms with Crippen LogP contribution in [0.25, 0.3) is 0 Å². The predicted octanol–water partition coefficient (Wildman–Crippen LogP) is 1.49. The number of hydrogen-bond acceptors (Lipinski definition) is 4. The van der Waals surface area contributed by atoms with Gasteiger partial charge in [0.1, 0.15) is 5.54 Å². The van der Waals surface area contributed by atoms with Crippen molar-refractivity contribution in [3.05, 3.63) is 0 Å². The van der Waals surface area contributed by atoms with E-state index in [9.17, 15) is 4.79 Å². The van der Waals surface area contributed by atoms with Crippen molar-refractivity contribution >= 4 is 5.97 Å². The maximum atomic E-state index is 12.0. The van der Waals surface area contributed by atoms with Crippen LogP contribution in [0.1, 0.15) is 39.0 Å². The van der Waals surface area contributed by atoms with Crippen LogP contribution >= 0.6 is 0 Å². The van der Waals surface area contributed by atoms with E-state index >= 15 is 0 Å². The Morgan fingerprint density at radius 3 is 2.81 bits per heavy atom. The maximum Gasteiger partial charge on any atom is 0.326 e. The molecule has 1 aliphatic rings. The summed E-state index contributed by atoms with van der Waals surface area (Å²) in [6.07, 6.45) is 4.61. The van der Waals surface area contributed by atoms with Crippen LogP contribution in [0.4, 0.5) is 0 Å². The zero-order chi connectivity index (χ0) is 11.9. The van der Waals surface area contributed by atoms with Crippen molar-refractivity contribution in [1.82, 2.24) is 5.32 Å². The number of methoxy groups -OCH3 is 1. The van der Waals surface area contributed by atoms with Crippen LogP contribution in [0.2, 0.25) is 0 Å². The highest BCUT2D eigenvalue weighted by atomic mass is 16.5. The number of carbonyl (C=O) groups excluding carboxylic acids is 1. The summed E-state index contributed by atoms with van der Waals surface area (Å²) in [5.74, 6) is -0.0806. The second-order valence-corrected chi connectivity index (χ2v) is 4.34. The molecule has 0 aromatic carbocycles. The van der Waals surface area contributed by atoms with Crippen molar-refractivity contribution < 1.29 is 14.3 Å². The van der Waals surface area contributed by atoms with Gasteiger partial charge in [-0.05, 0) is 25.8 Å². The Bertz CT molecular complexity index is 212. The van der Waals surface area contributed by atoms with E-state index in [2.05, 4.69) is 12.2 Å². The van der Waals surface area contributed by atoms with Gasteiger partial charge in [-0.1, -0.05) is 13.3 Å². The first-order valence-corrected chi connectivity index (χ1v) is 6.16. The summed E-state index contributed by atoms with van der Waals surface area (Å²) >= 11 is 0. The number of ether oxygens (including phenoxy) is 2. The zero-order valence-electron chi connectivity index (χ0n) is 10.4. The molecule has 1 heterocycles. The molecule has 1 N–H and O–H groups in total. The maximum absolute atomic E-state index is 12.0. The first kappa shape index (κ1) is 13.5. The van der Waals surface area contributed by atoms with Crippen LogP contribution < -0.4 is 5.32 Å². The van der Waals surface area contributed by atoms with Crippen LogP contribution in [-0.2, 0) is 14.3 Å². The molecule has 4 nitrogen and oxygen atoms in total. The Morgan fingerprint density at radius 2 is 2.25 bits per heavy atom. The van der Waals surface area contributed by atoms with Gasteiger partial charge in [-0.3, -0.25) is 4.79 Å². The van der Waals surface area contributed by atoms with Crippen LogP contribution in [-0.4, -0.2) is 38.4 Å². The van der Waals surface area contributed by atoms with Gasteiger partial charge in [0.15, 0.2) is 0 Å². The van der Waals surface area contributed by atoms with Crippen LogP contribution in [0, 0.1) is 0 Å². The highest BCUT2D eigenvalue weighted by molar-refractivity contribution is 5.81. The first-order chi connectivity index (χ1) is 7.75. The standard InChI is InChI=1S/C12H23NO3/c1-3-6-12(7-4-8-13-12)11(14)16-10-5-9-15-2/h13H,3-10H2,1-2H3. The molecule has 0 aliphatic carbocycles. The zero-order valence-corrected chi connectivity index (χ0v) is 10.4. The topological polar surface area (TPSA) is 47.6 Å². The molecule has 16 heavy (non-hydrogen) atoms. The molecular formula is C12H23NO3. The first-order valence-electron chi connectivity index (χ1n) is 6.16. The highest BCUT2D eigenvalue weighted by Gasteiger charge is 2.41. The summed E-state index contributed by atoms with van der Waals surface area (Å²) in [4.78, 5) is 12.0. The third-order valence-corrected chi connectivity index (χ3v) is 3.04. The molecule has 1 fully saturated rings. The molecule has 0 bridgehead atoms. The molecule has 1 aliphatic heterocycles. The van der Waals surface area contributed by atoms with E-state index in [0.717, 1.165) is 38.6 Å². The van der Waals surface area contributed by atoms with E-state index in [1.165, 1.54) is 0 Å². The third-order valence-electron chi connectivity index (χ3n) is 3.04. The number of carbonyl (C=O) groups is 1. The Balaban J connectivity index is 2.36. The Kier molecular flexibility index (Phi) is 5.77. The molecule has 0 amide bonds. The predicted molar refractivity (Wildman–Crippen MR) is 62.3 cm³/mol. The lowest BCUT2D eigenvalue weighted by molar-refractivity contribution is -0.151. The number of nitrogens with one attached hydrogen (secondary N) is 1. The molecular weight excluding hydrogens is 206 g/mol. The van der Waals surface area contributed by atoms with Gasteiger partial charge in [0, 0.05) is 20.1 Å². The minimum atomic E-state index is -0.401. The molecule has 94 valence electrons. The van der Waals surface area contributed by atoms with E-state index in [1.807, 2.05) is 0 Å². The van der Waals surface area contributed by atoms with Crippen molar-refractivity contribution in [2.45, 2.75) is 44.6 Å². The molecule has 0 spiro atoms. The van der Waals surface area contributed by atoms with Crippen molar-refractivity contribution in [1.29, 1.82) is 0 Å². The van der Waals surface area contributed by atoms with E-state index < -0.39 is 5.54 Å². The van der Waals surface area contributed by atoms with Gasteiger partial charge in [0.05, 0.1) is 6.61 Å². The summed E-state index contributed by atoms with van der Waals surface area (Å²) in [6.45, 7) is 4.12. The fourth-order valence-electron chi connectivity index (χ4n) is 2.23. The molecule has 0 radical (unpaired) electrons. The van der Waals surface area contributed by atoms with Gasteiger partial charge in [-0.2, -0.15) is 0 Å². The lowest BCUT2D eigenvalue weighted by Crippen LogP contribution is -2.48. The third kappa shape index (κ3) is 3.46. The van der Waals surface area contributed by atoms with Gasteiger partial charge in [0.2, 0.25) is 0 Å². The van der Waals surface area contributed by atoms with Crippen molar-refractivity contribution in [3.63, 3.8) is 0 Å². The summed E-state index contributed by atoms with van der Waals surface area (Å²) in [5.41, 5.74) is -0.401. The number of esters is 1. The van der Waals surface area contributed by atoms with Gasteiger partial charge >= 0.3 is 5.97 Å². The molecule has 0 aromatic heterocycles. The van der Waals surface area contributed by atoms with E-state index in [1.54, 1.807) is 7.11 Å². The van der Waals surface area contributed by atoms with E-state index in [-0.39, 0.29) is 5.97 Å². The molecule has 1 unspecified atom stereocenters. The van der Waals surface area contributed by atoms with Gasteiger partial charge < -0.3 is 14.8 Å². The minimum absolute atomic E-state index is 0.0806. The largest absolute Gasteiger partial charge is 0.464 e. The van der Waals surface area contributed by atoms with Crippen molar-refractivity contribution in [2.75, 3.05) is 26.9 Å². The van der Waals surface area contributed by atoms with Crippen molar-refractivity contribution in [3.8, 4) is 0 Å². The number of hydrogen-bond donors (Lipinski definition) is 1. The van der Waals surface area contributed by atoms with E-state index in [4.69, 9.17) is 9.47 Å². The lowest BCUT2D eigenvalue weighted by Gasteiger charge is -2.26. The average Bonchev–Trinajstić information content (AvgIpc) is 2.74.